The number of carbonyl (C=O) groups excluding carboxylic acids is 1. The lowest BCUT2D eigenvalue weighted by molar-refractivity contribution is -0.138. The van der Waals surface area contributed by atoms with Crippen LogP contribution >= 0.6 is 24.0 Å². The Morgan fingerprint density at radius 2 is 1.96 bits per heavy atom. The fourth-order valence-electron chi connectivity index (χ4n) is 3.68. The molecule has 0 bridgehead atoms. The third-order valence-electron chi connectivity index (χ3n) is 5.35. The van der Waals surface area contributed by atoms with Crippen LogP contribution in [0.1, 0.15) is 56.7 Å². The molecule has 0 heterocycles. The summed E-state index contributed by atoms with van der Waals surface area (Å²) in [5, 5.41) is 6.58. The average molecular weight is 504 g/mol. The maximum absolute atomic E-state index is 13.9. The van der Waals surface area contributed by atoms with Crippen LogP contribution < -0.4 is 10.6 Å². The van der Waals surface area contributed by atoms with E-state index in [4.69, 9.17) is 4.99 Å². The van der Waals surface area contributed by atoms with Crippen LogP contribution in [0.15, 0.2) is 23.2 Å². The lowest BCUT2D eigenvalue weighted by Gasteiger charge is -2.29. The van der Waals surface area contributed by atoms with Crippen LogP contribution in [0.25, 0.3) is 0 Å². The minimum Gasteiger partial charge on any atom is -0.357 e. The standard InChI is InChI=1S/C21H33FN4O.HI/c1-6-23-20(25-16(3)17-10-9-15(2)18(22)13-17)24-14-21(11-7-8-12-21)19(27)26(4)5;/h9-10,13,16H,6-8,11-12,14H2,1-5H3,(H2,23,24,25);1H. The molecule has 0 aromatic heterocycles. The SMILES string of the molecule is CCNC(=NCC1(C(=O)N(C)C)CCCC1)NC(C)c1ccc(C)c(F)c1.I. The van der Waals surface area contributed by atoms with Gasteiger partial charge in [0.2, 0.25) is 5.91 Å². The molecule has 0 saturated heterocycles. The Morgan fingerprint density at radius 3 is 2.50 bits per heavy atom. The van der Waals surface area contributed by atoms with E-state index >= 15 is 0 Å². The number of amides is 1. The van der Waals surface area contributed by atoms with Gasteiger partial charge < -0.3 is 15.5 Å². The van der Waals surface area contributed by atoms with Crippen LogP contribution in [0, 0.1) is 18.2 Å². The van der Waals surface area contributed by atoms with Gasteiger partial charge in [-0.3, -0.25) is 9.79 Å². The van der Waals surface area contributed by atoms with Gasteiger partial charge in [-0.05, 0) is 50.8 Å². The van der Waals surface area contributed by atoms with Crippen molar-refractivity contribution in [1.29, 1.82) is 0 Å². The van der Waals surface area contributed by atoms with Crippen LogP contribution in [0.5, 0.6) is 0 Å². The number of hydrogen-bond donors (Lipinski definition) is 2. The van der Waals surface area contributed by atoms with Gasteiger partial charge >= 0.3 is 0 Å². The van der Waals surface area contributed by atoms with Crippen LogP contribution in [-0.4, -0.2) is 44.0 Å². The van der Waals surface area contributed by atoms with Gasteiger partial charge in [-0.15, -0.1) is 24.0 Å². The zero-order valence-electron chi connectivity index (χ0n) is 17.6. The summed E-state index contributed by atoms with van der Waals surface area (Å²) in [5.41, 5.74) is 1.10. The zero-order valence-corrected chi connectivity index (χ0v) is 20.0. The summed E-state index contributed by atoms with van der Waals surface area (Å²) in [4.78, 5) is 19.1. The number of hydrogen-bond acceptors (Lipinski definition) is 2. The summed E-state index contributed by atoms with van der Waals surface area (Å²) >= 11 is 0. The van der Waals surface area contributed by atoms with Crippen LogP contribution in [0.2, 0.25) is 0 Å². The van der Waals surface area contributed by atoms with Gasteiger partial charge in [0.05, 0.1) is 18.0 Å². The molecule has 28 heavy (non-hydrogen) atoms. The quantitative estimate of drug-likeness (QED) is 0.350. The minimum absolute atomic E-state index is 0. The van der Waals surface area contributed by atoms with E-state index in [1.54, 1.807) is 24.0 Å². The largest absolute Gasteiger partial charge is 0.357 e. The molecule has 1 aromatic rings. The van der Waals surface area contributed by atoms with Crippen molar-refractivity contribution in [2.24, 2.45) is 10.4 Å². The van der Waals surface area contributed by atoms with E-state index < -0.39 is 5.41 Å². The molecule has 0 spiro atoms. The van der Waals surface area contributed by atoms with E-state index in [-0.39, 0.29) is 41.7 Å². The van der Waals surface area contributed by atoms with Crippen molar-refractivity contribution in [3.63, 3.8) is 0 Å². The molecule has 7 heteroatoms. The van der Waals surface area contributed by atoms with Crippen molar-refractivity contribution < 1.29 is 9.18 Å². The van der Waals surface area contributed by atoms with E-state index in [9.17, 15) is 9.18 Å². The maximum atomic E-state index is 13.9. The summed E-state index contributed by atoms with van der Waals surface area (Å²) in [6.07, 6.45) is 3.90. The van der Waals surface area contributed by atoms with Crippen LogP contribution in [-0.2, 0) is 4.79 Å². The summed E-state index contributed by atoms with van der Waals surface area (Å²) in [6.45, 7) is 6.92. The van der Waals surface area contributed by atoms with E-state index in [1.807, 2.05) is 34.0 Å². The molecule has 1 aliphatic carbocycles. The Labute approximate surface area is 185 Å². The molecule has 158 valence electrons. The molecular formula is C21H34FIN4O. The van der Waals surface area contributed by atoms with Crippen molar-refractivity contribution in [2.45, 2.75) is 52.5 Å². The van der Waals surface area contributed by atoms with Gasteiger partial charge in [0.1, 0.15) is 5.82 Å². The molecule has 1 aromatic carbocycles. The topological polar surface area (TPSA) is 56.7 Å². The van der Waals surface area contributed by atoms with Gasteiger partial charge in [0.15, 0.2) is 5.96 Å². The zero-order chi connectivity index (χ0) is 20.0. The fourth-order valence-corrected chi connectivity index (χ4v) is 3.68. The smallest absolute Gasteiger partial charge is 0.230 e. The summed E-state index contributed by atoms with van der Waals surface area (Å²) in [5.74, 6) is 0.613. The van der Waals surface area contributed by atoms with Gasteiger partial charge in [-0.2, -0.15) is 0 Å². The highest BCUT2D eigenvalue weighted by molar-refractivity contribution is 14.0. The second-order valence-corrected chi connectivity index (χ2v) is 7.76. The van der Waals surface area contributed by atoms with Crippen LogP contribution in [0.4, 0.5) is 4.39 Å². The Morgan fingerprint density at radius 1 is 1.32 bits per heavy atom. The lowest BCUT2D eigenvalue weighted by Crippen LogP contribution is -2.43. The molecule has 1 unspecified atom stereocenters. The first kappa shape index (κ1) is 24.7. The molecular weight excluding hydrogens is 470 g/mol. The second-order valence-electron chi connectivity index (χ2n) is 7.76. The molecule has 1 fully saturated rings. The molecule has 1 saturated carbocycles. The van der Waals surface area contributed by atoms with E-state index in [2.05, 4.69) is 10.6 Å². The predicted molar refractivity (Wildman–Crippen MR) is 124 cm³/mol. The fraction of sp³-hybridized carbons (Fsp3) is 0.619. The number of aliphatic imine (C=N–C) groups is 1. The van der Waals surface area contributed by atoms with Crippen molar-refractivity contribution in [3.8, 4) is 0 Å². The molecule has 1 aliphatic rings. The first-order chi connectivity index (χ1) is 12.8. The Bertz CT molecular complexity index is 687. The van der Waals surface area contributed by atoms with Crippen LogP contribution in [0.3, 0.4) is 0 Å². The van der Waals surface area contributed by atoms with Gasteiger partial charge in [0.25, 0.3) is 0 Å². The Kier molecular flexibility index (Phi) is 9.66. The third-order valence-corrected chi connectivity index (χ3v) is 5.35. The molecule has 5 nitrogen and oxygen atoms in total. The van der Waals surface area contributed by atoms with E-state index in [0.717, 1.165) is 37.8 Å². The number of nitrogens with zero attached hydrogens (tertiary/aromatic N) is 2. The van der Waals surface area contributed by atoms with E-state index in [1.165, 1.54) is 0 Å². The summed E-state index contributed by atoms with van der Waals surface area (Å²) < 4.78 is 13.9. The summed E-state index contributed by atoms with van der Waals surface area (Å²) in [6, 6.07) is 5.18. The molecule has 2 N–H and O–H groups in total. The van der Waals surface area contributed by atoms with Gasteiger partial charge in [-0.25, -0.2) is 4.39 Å². The van der Waals surface area contributed by atoms with Gasteiger partial charge in [0, 0.05) is 20.6 Å². The Balaban J connectivity index is 0.00000392. The van der Waals surface area contributed by atoms with Crippen molar-refractivity contribution in [1.82, 2.24) is 15.5 Å². The molecule has 1 amide bonds. The number of aryl methyl sites for hydroxylation is 1. The van der Waals surface area contributed by atoms with E-state index in [0.29, 0.717) is 18.1 Å². The van der Waals surface area contributed by atoms with Crippen molar-refractivity contribution in [3.05, 3.63) is 35.1 Å². The van der Waals surface area contributed by atoms with Gasteiger partial charge in [-0.1, -0.05) is 25.0 Å². The highest BCUT2D eigenvalue weighted by Crippen LogP contribution is 2.39. The second kappa shape index (κ2) is 11.0. The molecule has 2 rings (SSSR count). The number of benzene rings is 1. The monoisotopic (exact) mass is 504 g/mol. The number of rotatable bonds is 6. The first-order valence-corrected chi connectivity index (χ1v) is 9.82. The molecule has 0 aliphatic heterocycles. The number of halogens is 2. The lowest BCUT2D eigenvalue weighted by atomic mass is 9.85. The highest BCUT2D eigenvalue weighted by atomic mass is 127. The normalized spacial score (nSPS) is 16.9. The molecule has 1 atom stereocenters. The predicted octanol–water partition coefficient (Wildman–Crippen LogP) is 4.02. The minimum atomic E-state index is -0.398. The number of guanidine groups is 1. The first-order valence-electron chi connectivity index (χ1n) is 9.82. The molecule has 0 radical (unpaired) electrons. The third kappa shape index (κ3) is 6.06. The van der Waals surface area contributed by atoms with Crippen molar-refractivity contribution >= 4 is 35.8 Å². The number of carbonyl (C=O) groups is 1. The van der Waals surface area contributed by atoms with Crippen molar-refractivity contribution in [2.75, 3.05) is 27.2 Å². The Hall–Kier alpha value is -1.38. The average Bonchev–Trinajstić information content (AvgIpc) is 3.11. The maximum Gasteiger partial charge on any atom is 0.230 e. The highest BCUT2D eigenvalue weighted by Gasteiger charge is 2.42. The summed E-state index contributed by atoms with van der Waals surface area (Å²) in [7, 11) is 3.62. The number of nitrogens with one attached hydrogen (secondary N) is 2.